The molecule has 5 heteroatoms. The maximum Gasteiger partial charge on any atom is 0.297 e. The molecule has 0 amide bonds. The number of hydrogen-bond donors (Lipinski definition) is 0. The van der Waals surface area contributed by atoms with Crippen molar-refractivity contribution in [3.8, 4) is 0 Å². The zero-order valence-electron chi connectivity index (χ0n) is 12.6. The number of rotatable bonds is 9. The summed E-state index contributed by atoms with van der Waals surface area (Å²) in [6, 6.07) is 6.72. The molecule has 1 aromatic rings. The van der Waals surface area contributed by atoms with Gasteiger partial charge in [0.15, 0.2) is 0 Å². The lowest BCUT2D eigenvalue weighted by Crippen LogP contribution is -2.30. The molecular formula is C15H25NO3S. The molecule has 0 unspecified atom stereocenters. The quantitative estimate of drug-likeness (QED) is 0.658. The highest BCUT2D eigenvalue weighted by atomic mass is 32.2. The molecule has 0 N–H and O–H groups in total. The second kappa shape index (κ2) is 8.39. The molecule has 0 saturated heterocycles. The molecule has 4 nitrogen and oxygen atoms in total. The van der Waals surface area contributed by atoms with Crippen molar-refractivity contribution in [2.45, 2.75) is 38.5 Å². The van der Waals surface area contributed by atoms with Gasteiger partial charge in [-0.15, -0.1) is 0 Å². The molecule has 0 fully saturated rings. The van der Waals surface area contributed by atoms with Crippen LogP contribution in [0.25, 0.3) is 0 Å². The molecule has 1 aromatic carbocycles. The van der Waals surface area contributed by atoms with Crippen LogP contribution in [-0.2, 0) is 14.3 Å². The van der Waals surface area contributed by atoms with Crippen LogP contribution in [0.4, 0.5) is 0 Å². The van der Waals surface area contributed by atoms with Gasteiger partial charge in [-0.2, -0.15) is 8.42 Å². The number of nitrogens with zero attached hydrogens (tertiary/aromatic N) is 1. The van der Waals surface area contributed by atoms with Gasteiger partial charge in [-0.3, -0.25) is 4.18 Å². The molecule has 1 rings (SSSR count). The van der Waals surface area contributed by atoms with E-state index in [4.69, 9.17) is 4.18 Å². The van der Waals surface area contributed by atoms with E-state index in [2.05, 4.69) is 18.7 Å². The summed E-state index contributed by atoms with van der Waals surface area (Å²) in [6.45, 7) is 8.95. The van der Waals surface area contributed by atoms with Crippen molar-refractivity contribution in [1.82, 2.24) is 4.90 Å². The Bertz CT molecular complexity index is 476. The van der Waals surface area contributed by atoms with Crippen molar-refractivity contribution < 1.29 is 12.6 Å². The van der Waals surface area contributed by atoms with E-state index in [1.807, 2.05) is 6.92 Å². The van der Waals surface area contributed by atoms with E-state index in [1.165, 1.54) is 0 Å². The number of hydrogen-bond acceptors (Lipinski definition) is 4. The van der Waals surface area contributed by atoms with Crippen LogP contribution in [0.15, 0.2) is 29.2 Å². The molecule has 0 radical (unpaired) electrons. The van der Waals surface area contributed by atoms with Crippen molar-refractivity contribution in [1.29, 1.82) is 0 Å². The van der Waals surface area contributed by atoms with E-state index >= 15 is 0 Å². The van der Waals surface area contributed by atoms with E-state index in [9.17, 15) is 8.42 Å². The maximum absolute atomic E-state index is 12.0. The number of aryl methyl sites for hydroxylation is 1. The predicted molar refractivity (Wildman–Crippen MR) is 81.3 cm³/mol. The van der Waals surface area contributed by atoms with Gasteiger partial charge in [0.1, 0.15) is 0 Å². The van der Waals surface area contributed by atoms with Gasteiger partial charge in [0.05, 0.1) is 11.5 Å². The van der Waals surface area contributed by atoms with Crippen LogP contribution < -0.4 is 0 Å². The normalized spacial score (nSPS) is 12.0. The first-order valence-electron chi connectivity index (χ1n) is 7.18. The van der Waals surface area contributed by atoms with E-state index in [0.717, 1.165) is 31.5 Å². The molecule has 114 valence electrons. The average molecular weight is 299 g/mol. The van der Waals surface area contributed by atoms with Gasteiger partial charge in [-0.1, -0.05) is 31.5 Å². The van der Waals surface area contributed by atoms with Crippen LogP contribution in [0, 0.1) is 6.92 Å². The minimum Gasteiger partial charge on any atom is -0.301 e. The third-order valence-corrected chi connectivity index (χ3v) is 4.36. The second-order valence-electron chi connectivity index (χ2n) is 4.93. The molecule has 0 saturated carbocycles. The molecule has 0 spiro atoms. The molecule has 0 aliphatic carbocycles. The summed E-state index contributed by atoms with van der Waals surface area (Å²) >= 11 is 0. The molecule has 0 bridgehead atoms. The van der Waals surface area contributed by atoms with Gasteiger partial charge in [-0.05, 0) is 45.0 Å². The van der Waals surface area contributed by atoms with Crippen LogP contribution in [0.1, 0.15) is 32.3 Å². The summed E-state index contributed by atoms with van der Waals surface area (Å²) in [4.78, 5) is 2.45. The third-order valence-electron chi connectivity index (χ3n) is 3.04. The maximum atomic E-state index is 12.0. The first-order valence-corrected chi connectivity index (χ1v) is 8.59. The molecule has 0 aliphatic heterocycles. The van der Waals surface area contributed by atoms with Gasteiger partial charge < -0.3 is 4.90 Å². The van der Waals surface area contributed by atoms with Crippen LogP contribution in [0.5, 0.6) is 0 Å². The SMILES string of the molecule is CCCN(CCC)CCOS(=O)(=O)c1ccc(C)cc1. The fourth-order valence-corrected chi connectivity index (χ4v) is 2.92. The fourth-order valence-electron chi connectivity index (χ4n) is 2.02. The van der Waals surface area contributed by atoms with Crippen LogP contribution in [-0.4, -0.2) is 39.6 Å². The first-order chi connectivity index (χ1) is 9.49. The Morgan fingerprint density at radius 2 is 1.55 bits per heavy atom. The van der Waals surface area contributed by atoms with Gasteiger partial charge in [0, 0.05) is 6.54 Å². The Labute approximate surface area is 122 Å². The lowest BCUT2D eigenvalue weighted by molar-refractivity contribution is 0.212. The molecule has 20 heavy (non-hydrogen) atoms. The molecular weight excluding hydrogens is 274 g/mol. The van der Waals surface area contributed by atoms with Gasteiger partial charge in [0.25, 0.3) is 10.1 Å². The predicted octanol–water partition coefficient (Wildman–Crippen LogP) is 2.82. The molecule has 0 atom stereocenters. The van der Waals surface area contributed by atoms with Crippen molar-refractivity contribution in [3.05, 3.63) is 29.8 Å². The van der Waals surface area contributed by atoms with E-state index in [1.54, 1.807) is 24.3 Å². The average Bonchev–Trinajstić information content (AvgIpc) is 2.39. The second-order valence-corrected chi connectivity index (χ2v) is 6.55. The van der Waals surface area contributed by atoms with E-state index < -0.39 is 10.1 Å². The highest BCUT2D eigenvalue weighted by Gasteiger charge is 2.15. The zero-order valence-corrected chi connectivity index (χ0v) is 13.4. The highest BCUT2D eigenvalue weighted by Crippen LogP contribution is 2.13. The first kappa shape index (κ1) is 17.1. The minimum absolute atomic E-state index is 0.205. The Hall–Kier alpha value is -0.910. The molecule has 0 aromatic heterocycles. The summed E-state index contributed by atoms with van der Waals surface area (Å²) in [5.41, 5.74) is 1.03. The summed E-state index contributed by atoms with van der Waals surface area (Å²) in [5.74, 6) is 0. The van der Waals surface area contributed by atoms with Crippen LogP contribution in [0.3, 0.4) is 0 Å². The van der Waals surface area contributed by atoms with Gasteiger partial charge in [0.2, 0.25) is 0 Å². The standard InChI is InChI=1S/C15H25NO3S/c1-4-10-16(11-5-2)12-13-19-20(17,18)15-8-6-14(3)7-9-15/h6-9H,4-5,10-13H2,1-3H3. The van der Waals surface area contributed by atoms with E-state index in [0.29, 0.717) is 6.54 Å². The Morgan fingerprint density at radius 1 is 1.00 bits per heavy atom. The van der Waals surface area contributed by atoms with Gasteiger partial charge >= 0.3 is 0 Å². The van der Waals surface area contributed by atoms with Crippen molar-refractivity contribution in [3.63, 3.8) is 0 Å². The van der Waals surface area contributed by atoms with Crippen molar-refractivity contribution in [2.24, 2.45) is 0 Å². The Kier molecular flexibility index (Phi) is 7.19. The lowest BCUT2D eigenvalue weighted by atomic mass is 10.2. The van der Waals surface area contributed by atoms with Crippen LogP contribution >= 0.6 is 0 Å². The topological polar surface area (TPSA) is 46.6 Å². The van der Waals surface area contributed by atoms with Crippen molar-refractivity contribution >= 4 is 10.1 Å². The van der Waals surface area contributed by atoms with E-state index in [-0.39, 0.29) is 11.5 Å². The lowest BCUT2D eigenvalue weighted by Gasteiger charge is -2.20. The Morgan fingerprint density at radius 3 is 2.05 bits per heavy atom. The fraction of sp³-hybridized carbons (Fsp3) is 0.600. The highest BCUT2D eigenvalue weighted by molar-refractivity contribution is 7.86. The summed E-state index contributed by atoms with van der Waals surface area (Å²) in [7, 11) is -3.63. The number of benzene rings is 1. The zero-order chi connectivity index (χ0) is 15.0. The Balaban J connectivity index is 2.52. The van der Waals surface area contributed by atoms with Crippen LogP contribution in [0.2, 0.25) is 0 Å². The molecule has 0 aliphatic rings. The summed E-state index contributed by atoms with van der Waals surface area (Å²) < 4.78 is 29.1. The third kappa shape index (κ3) is 5.61. The smallest absolute Gasteiger partial charge is 0.297 e. The van der Waals surface area contributed by atoms with Crippen molar-refractivity contribution in [2.75, 3.05) is 26.2 Å². The molecule has 0 heterocycles. The summed E-state index contributed by atoms with van der Waals surface area (Å²) in [6.07, 6.45) is 2.12. The largest absolute Gasteiger partial charge is 0.301 e. The monoisotopic (exact) mass is 299 g/mol. The summed E-state index contributed by atoms with van der Waals surface area (Å²) in [5, 5.41) is 0. The minimum atomic E-state index is -3.63. The van der Waals surface area contributed by atoms with Gasteiger partial charge in [-0.25, -0.2) is 0 Å².